The fourth-order valence-corrected chi connectivity index (χ4v) is 2.04. The van der Waals surface area contributed by atoms with Gasteiger partial charge in [0.25, 0.3) is 0 Å². The highest BCUT2D eigenvalue weighted by Crippen LogP contribution is 2.26. The Kier molecular flexibility index (Phi) is 4.97. The van der Waals surface area contributed by atoms with E-state index in [1.807, 2.05) is 37.2 Å². The maximum atomic E-state index is 11.9. The number of carbonyl (C=O) groups is 1. The van der Waals surface area contributed by atoms with E-state index < -0.39 is 0 Å². The highest BCUT2D eigenvalue weighted by atomic mass is 35.5. The van der Waals surface area contributed by atoms with Gasteiger partial charge in [-0.1, -0.05) is 18.2 Å². The van der Waals surface area contributed by atoms with Crippen LogP contribution in [0.15, 0.2) is 24.3 Å². The highest BCUT2D eigenvalue weighted by Gasteiger charge is 2.22. The molecule has 1 aliphatic heterocycles. The number of rotatable bonds is 3. The number of amides is 1. The van der Waals surface area contributed by atoms with Crippen molar-refractivity contribution in [2.24, 2.45) is 0 Å². The fraction of sp³-hybridized carbons (Fsp3) is 0.462. The first-order valence-corrected chi connectivity index (χ1v) is 5.71. The molecule has 2 rings (SSSR count). The molecule has 94 valence electrons. The minimum Gasteiger partial charge on any atom is -0.311 e. The smallest absolute Gasteiger partial charge is 0.227 e. The monoisotopic (exact) mass is 254 g/mol. The molecule has 0 fully saturated rings. The molecule has 0 atom stereocenters. The van der Waals surface area contributed by atoms with Gasteiger partial charge in [-0.3, -0.25) is 4.79 Å². The lowest BCUT2D eigenvalue weighted by Crippen LogP contribution is -2.39. The molecule has 4 heteroatoms. The van der Waals surface area contributed by atoms with E-state index in [4.69, 9.17) is 0 Å². The van der Waals surface area contributed by atoms with Crippen molar-refractivity contribution >= 4 is 24.0 Å². The summed E-state index contributed by atoms with van der Waals surface area (Å²) in [6.45, 7) is 1.68. The summed E-state index contributed by atoms with van der Waals surface area (Å²) in [7, 11) is 4.06. The summed E-state index contributed by atoms with van der Waals surface area (Å²) in [5.74, 6) is 0.251. The van der Waals surface area contributed by atoms with Crippen molar-refractivity contribution in [2.45, 2.75) is 12.8 Å². The molecule has 0 aromatic heterocycles. The molecule has 17 heavy (non-hydrogen) atoms. The zero-order chi connectivity index (χ0) is 11.5. The Labute approximate surface area is 109 Å². The van der Waals surface area contributed by atoms with E-state index in [0.717, 1.165) is 25.2 Å². The summed E-state index contributed by atoms with van der Waals surface area (Å²) in [6.07, 6.45) is 1.53. The predicted octanol–water partition coefficient (Wildman–Crippen LogP) is 1.95. The predicted molar refractivity (Wildman–Crippen MR) is 72.9 cm³/mol. The van der Waals surface area contributed by atoms with Crippen LogP contribution in [-0.2, 0) is 11.2 Å². The second kappa shape index (κ2) is 6.03. The second-order valence-corrected chi connectivity index (χ2v) is 4.48. The summed E-state index contributed by atoms with van der Waals surface area (Å²) in [5.41, 5.74) is 2.39. The van der Waals surface area contributed by atoms with Gasteiger partial charge in [-0.05, 0) is 32.1 Å². The largest absolute Gasteiger partial charge is 0.311 e. The Bertz CT molecular complexity index is 393. The topological polar surface area (TPSA) is 23.6 Å². The standard InChI is InChI=1S/C13H18N2O.ClH/c1-14(2)9-10-15-12-6-4-3-5-11(12)7-8-13(15)16;/h3-6H,7-10H2,1-2H3;1H. The zero-order valence-electron chi connectivity index (χ0n) is 10.3. The van der Waals surface area contributed by atoms with Crippen molar-refractivity contribution in [1.82, 2.24) is 4.90 Å². The Morgan fingerprint density at radius 2 is 1.94 bits per heavy atom. The van der Waals surface area contributed by atoms with Crippen LogP contribution in [0.2, 0.25) is 0 Å². The van der Waals surface area contributed by atoms with Gasteiger partial charge in [-0.25, -0.2) is 0 Å². The van der Waals surface area contributed by atoms with Gasteiger partial charge in [0.15, 0.2) is 0 Å². The van der Waals surface area contributed by atoms with Crippen LogP contribution >= 0.6 is 12.4 Å². The SMILES string of the molecule is CN(C)CCN1C(=O)CCc2ccccc21.Cl. The van der Waals surface area contributed by atoms with E-state index in [1.54, 1.807) is 0 Å². The summed E-state index contributed by atoms with van der Waals surface area (Å²) in [4.78, 5) is 15.9. The van der Waals surface area contributed by atoms with Crippen LogP contribution in [0.4, 0.5) is 5.69 Å². The molecule has 1 aromatic carbocycles. The lowest BCUT2D eigenvalue weighted by Gasteiger charge is -2.30. The van der Waals surface area contributed by atoms with Crippen molar-refractivity contribution in [3.05, 3.63) is 29.8 Å². The van der Waals surface area contributed by atoms with Gasteiger partial charge in [0.05, 0.1) is 0 Å². The molecular formula is C13H19ClN2O. The van der Waals surface area contributed by atoms with E-state index >= 15 is 0 Å². The average Bonchev–Trinajstić information content (AvgIpc) is 2.27. The number of anilines is 1. The summed E-state index contributed by atoms with van der Waals surface area (Å²) < 4.78 is 0. The third kappa shape index (κ3) is 3.20. The molecule has 0 radical (unpaired) electrons. The number of carbonyl (C=O) groups excluding carboxylic acids is 1. The van der Waals surface area contributed by atoms with Gasteiger partial charge in [0.1, 0.15) is 0 Å². The van der Waals surface area contributed by atoms with E-state index in [1.165, 1.54) is 5.56 Å². The average molecular weight is 255 g/mol. The van der Waals surface area contributed by atoms with Crippen LogP contribution < -0.4 is 4.90 Å². The van der Waals surface area contributed by atoms with Gasteiger partial charge in [0.2, 0.25) is 5.91 Å². The molecule has 1 aromatic rings. The molecule has 0 saturated carbocycles. The third-order valence-electron chi connectivity index (χ3n) is 2.96. The van der Waals surface area contributed by atoms with Crippen LogP contribution in [0.3, 0.4) is 0 Å². The maximum Gasteiger partial charge on any atom is 0.227 e. The summed E-state index contributed by atoms with van der Waals surface area (Å²) in [6, 6.07) is 8.20. The van der Waals surface area contributed by atoms with Crippen LogP contribution in [0.1, 0.15) is 12.0 Å². The highest BCUT2D eigenvalue weighted by molar-refractivity contribution is 5.96. The molecule has 1 heterocycles. The van der Waals surface area contributed by atoms with Crippen LogP contribution in [0, 0.1) is 0 Å². The molecule has 0 N–H and O–H groups in total. The second-order valence-electron chi connectivity index (χ2n) is 4.48. The number of fused-ring (bicyclic) bond motifs is 1. The summed E-state index contributed by atoms with van der Waals surface area (Å²) in [5, 5.41) is 0. The number of benzene rings is 1. The summed E-state index contributed by atoms with van der Waals surface area (Å²) >= 11 is 0. The van der Waals surface area contributed by atoms with Crippen molar-refractivity contribution in [3.63, 3.8) is 0 Å². The number of para-hydroxylation sites is 1. The minimum absolute atomic E-state index is 0. The Morgan fingerprint density at radius 1 is 1.24 bits per heavy atom. The van der Waals surface area contributed by atoms with Crippen molar-refractivity contribution in [2.75, 3.05) is 32.1 Å². The van der Waals surface area contributed by atoms with E-state index in [0.29, 0.717) is 6.42 Å². The molecule has 0 aliphatic carbocycles. The fourth-order valence-electron chi connectivity index (χ4n) is 2.04. The van der Waals surface area contributed by atoms with Gasteiger partial charge in [0, 0.05) is 25.2 Å². The number of aryl methyl sites for hydroxylation is 1. The molecule has 0 bridgehead atoms. The maximum absolute atomic E-state index is 11.9. The molecule has 3 nitrogen and oxygen atoms in total. The first-order valence-electron chi connectivity index (χ1n) is 5.71. The van der Waals surface area contributed by atoms with E-state index in [9.17, 15) is 4.79 Å². The first-order chi connectivity index (χ1) is 7.68. The number of likely N-dealkylation sites (N-methyl/N-ethyl adjacent to an activating group) is 1. The van der Waals surface area contributed by atoms with Gasteiger partial charge < -0.3 is 9.80 Å². The molecule has 0 spiro atoms. The number of halogens is 1. The van der Waals surface area contributed by atoms with Crippen LogP contribution in [0.25, 0.3) is 0 Å². The number of hydrogen-bond donors (Lipinski definition) is 0. The van der Waals surface area contributed by atoms with E-state index in [2.05, 4.69) is 11.0 Å². The molecule has 1 aliphatic rings. The Balaban J connectivity index is 0.00000144. The van der Waals surface area contributed by atoms with E-state index in [-0.39, 0.29) is 18.3 Å². The lowest BCUT2D eigenvalue weighted by atomic mass is 10.0. The quantitative estimate of drug-likeness (QED) is 0.823. The number of hydrogen-bond acceptors (Lipinski definition) is 2. The zero-order valence-corrected chi connectivity index (χ0v) is 11.2. The molecule has 0 unspecified atom stereocenters. The van der Waals surface area contributed by atoms with Gasteiger partial charge >= 0.3 is 0 Å². The normalized spacial score (nSPS) is 14.5. The van der Waals surface area contributed by atoms with Gasteiger partial charge in [-0.2, -0.15) is 0 Å². The molecule has 1 amide bonds. The molecule has 0 saturated heterocycles. The van der Waals surface area contributed by atoms with Crippen molar-refractivity contribution in [3.8, 4) is 0 Å². The Morgan fingerprint density at radius 3 is 2.65 bits per heavy atom. The Hall–Kier alpha value is -1.06. The van der Waals surface area contributed by atoms with Crippen molar-refractivity contribution < 1.29 is 4.79 Å². The van der Waals surface area contributed by atoms with Crippen LogP contribution in [0.5, 0.6) is 0 Å². The van der Waals surface area contributed by atoms with Crippen LogP contribution in [-0.4, -0.2) is 38.0 Å². The van der Waals surface area contributed by atoms with Gasteiger partial charge in [-0.15, -0.1) is 12.4 Å². The van der Waals surface area contributed by atoms with Crippen molar-refractivity contribution in [1.29, 1.82) is 0 Å². The molecular weight excluding hydrogens is 236 g/mol. The first kappa shape index (κ1) is 14.0. The minimum atomic E-state index is 0. The lowest BCUT2D eigenvalue weighted by molar-refractivity contribution is -0.118. The third-order valence-corrected chi connectivity index (χ3v) is 2.96. The number of nitrogens with zero attached hydrogens (tertiary/aromatic N) is 2.